The van der Waals surface area contributed by atoms with E-state index >= 15 is 0 Å². The van der Waals surface area contributed by atoms with E-state index in [0.29, 0.717) is 12.6 Å². The summed E-state index contributed by atoms with van der Waals surface area (Å²) >= 11 is 0. The molecule has 1 heterocycles. The van der Waals surface area contributed by atoms with E-state index in [9.17, 15) is 4.39 Å². The predicted octanol–water partition coefficient (Wildman–Crippen LogP) is 5.30. The van der Waals surface area contributed by atoms with Gasteiger partial charge in [-0.3, -0.25) is 4.57 Å². The second-order valence-electron chi connectivity index (χ2n) is 6.80. The molecule has 142 valence electrons. The van der Waals surface area contributed by atoms with Crippen molar-refractivity contribution < 1.29 is 9.13 Å². The summed E-state index contributed by atoms with van der Waals surface area (Å²) in [5.74, 6) is 0.571. The standard InChI is InChI=1S/C22H26FN3O/c1-5-26-21(14-25-22(26)27-20-10-6-15(2)7-11-20)17(4)24-13-18-8-9-19(23)12-16(18)3/h6-12,14,17,24H,5,13H2,1-4H3. The number of imidazole rings is 1. The number of aryl methyl sites for hydroxylation is 2. The normalized spacial score (nSPS) is 12.2. The van der Waals surface area contributed by atoms with Crippen molar-refractivity contribution >= 4 is 0 Å². The van der Waals surface area contributed by atoms with Gasteiger partial charge in [0, 0.05) is 19.1 Å². The smallest absolute Gasteiger partial charge is 0.302 e. The minimum atomic E-state index is -0.203. The van der Waals surface area contributed by atoms with Gasteiger partial charge < -0.3 is 10.1 Å². The first-order chi connectivity index (χ1) is 13.0. The highest BCUT2D eigenvalue weighted by molar-refractivity contribution is 5.30. The van der Waals surface area contributed by atoms with Crippen molar-refractivity contribution in [2.75, 3.05) is 0 Å². The Balaban J connectivity index is 1.72. The van der Waals surface area contributed by atoms with Crippen LogP contribution in [0.5, 0.6) is 11.8 Å². The summed E-state index contributed by atoms with van der Waals surface area (Å²) in [4.78, 5) is 4.46. The molecule has 0 aliphatic carbocycles. The zero-order chi connectivity index (χ0) is 19.4. The number of ether oxygens (including phenoxy) is 1. The summed E-state index contributed by atoms with van der Waals surface area (Å²) in [6, 6.07) is 13.5. The molecule has 3 rings (SSSR count). The fraction of sp³-hybridized carbons (Fsp3) is 0.318. The van der Waals surface area contributed by atoms with E-state index in [1.165, 1.54) is 11.6 Å². The Morgan fingerprint density at radius 1 is 1.15 bits per heavy atom. The number of hydrogen-bond donors (Lipinski definition) is 1. The molecule has 0 fully saturated rings. The van der Waals surface area contributed by atoms with Gasteiger partial charge in [0.1, 0.15) is 11.6 Å². The second-order valence-corrected chi connectivity index (χ2v) is 6.80. The van der Waals surface area contributed by atoms with Crippen LogP contribution in [0.2, 0.25) is 0 Å². The van der Waals surface area contributed by atoms with Crippen LogP contribution in [0.1, 0.15) is 42.3 Å². The third kappa shape index (κ3) is 4.55. The molecule has 27 heavy (non-hydrogen) atoms. The molecule has 0 saturated heterocycles. The highest BCUT2D eigenvalue weighted by atomic mass is 19.1. The van der Waals surface area contributed by atoms with Gasteiger partial charge in [0.2, 0.25) is 0 Å². The summed E-state index contributed by atoms with van der Waals surface area (Å²) in [5, 5.41) is 3.50. The molecule has 0 spiro atoms. The Morgan fingerprint density at radius 2 is 1.89 bits per heavy atom. The average molecular weight is 367 g/mol. The highest BCUT2D eigenvalue weighted by Crippen LogP contribution is 2.25. The van der Waals surface area contributed by atoms with E-state index in [4.69, 9.17) is 4.74 Å². The minimum absolute atomic E-state index is 0.0808. The van der Waals surface area contributed by atoms with Gasteiger partial charge in [-0.2, -0.15) is 0 Å². The third-order valence-electron chi connectivity index (χ3n) is 4.74. The van der Waals surface area contributed by atoms with Crippen molar-refractivity contribution in [1.82, 2.24) is 14.9 Å². The van der Waals surface area contributed by atoms with Crippen LogP contribution in [-0.4, -0.2) is 9.55 Å². The Labute approximate surface area is 160 Å². The molecule has 3 aromatic rings. The summed E-state index contributed by atoms with van der Waals surface area (Å²) in [7, 11) is 0. The molecule has 1 atom stereocenters. The van der Waals surface area contributed by atoms with Crippen molar-refractivity contribution in [2.24, 2.45) is 0 Å². The Bertz CT molecular complexity index is 902. The van der Waals surface area contributed by atoms with Crippen LogP contribution in [0.25, 0.3) is 0 Å². The Hall–Kier alpha value is -2.66. The van der Waals surface area contributed by atoms with Crippen LogP contribution in [0.4, 0.5) is 4.39 Å². The number of rotatable bonds is 7. The number of hydrogen-bond acceptors (Lipinski definition) is 3. The van der Waals surface area contributed by atoms with Gasteiger partial charge in [0.05, 0.1) is 11.9 Å². The number of nitrogens with one attached hydrogen (secondary N) is 1. The van der Waals surface area contributed by atoms with E-state index in [-0.39, 0.29) is 11.9 Å². The Morgan fingerprint density at radius 3 is 2.56 bits per heavy atom. The second kappa shape index (κ2) is 8.35. The largest absolute Gasteiger partial charge is 0.426 e. The predicted molar refractivity (Wildman–Crippen MR) is 106 cm³/mol. The molecule has 0 radical (unpaired) electrons. The molecule has 0 amide bonds. The first kappa shape index (κ1) is 19.1. The lowest BCUT2D eigenvalue weighted by Gasteiger charge is -2.17. The van der Waals surface area contributed by atoms with Gasteiger partial charge in [-0.15, -0.1) is 0 Å². The van der Waals surface area contributed by atoms with Gasteiger partial charge in [0.25, 0.3) is 0 Å². The minimum Gasteiger partial charge on any atom is -0.426 e. The first-order valence-electron chi connectivity index (χ1n) is 9.26. The van der Waals surface area contributed by atoms with E-state index in [1.54, 1.807) is 6.07 Å². The van der Waals surface area contributed by atoms with Gasteiger partial charge in [-0.1, -0.05) is 23.8 Å². The third-order valence-corrected chi connectivity index (χ3v) is 4.74. The molecule has 1 N–H and O–H groups in total. The fourth-order valence-corrected chi connectivity index (χ4v) is 3.05. The zero-order valence-electron chi connectivity index (χ0n) is 16.3. The Kier molecular flexibility index (Phi) is 5.91. The maximum Gasteiger partial charge on any atom is 0.302 e. The maximum absolute atomic E-state index is 13.3. The van der Waals surface area contributed by atoms with Crippen molar-refractivity contribution in [1.29, 1.82) is 0 Å². The molecule has 4 nitrogen and oxygen atoms in total. The number of benzene rings is 2. The lowest BCUT2D eigenvalue weighted by Crippen LogP contribution is -2.21. The van der Waals surface area contributed by atoms with Crippen LogP contribution >= 0.6 is 0 Å². The summed E-state index contributed by atoms with van der Waals surface area (Å²) < 4.78 is 21.3. The van der Waals surface area contributed by atoms with Gasteiger partial charge >= 0.3 is 6.01 Å². The SMILES string of the molecule is CCn1c(C(C)NCc2ccc(F)cc2C)cnc1Oc1ccc(C)cc1. The van der Waals surface area contributed by atoms with Crippen molar-refractivity contribution in [3.05, 3.63) is 76.9 Å². The van der Waals surface area contributed by atoms with Crippen molar-refractivity contribution in [2.45, 2.75) is 46.8 Å². The lowest BCUT2D eigenvalue weighted by atomic mass is 10.1. The number of halogens is 1. The molecular weight excluding hydrogens is 341 g/mol. The van der Waals surface area contributed by atoms with Gasteiger partial charge in [-0.05, 0) is 63.1 Å². The van der Waals surface area contributed by atoms with Gasteiger partial charge in [0.15, 0.2) is 0 Å². The summed E-state index contributed by atoms with van der Waals surface area (Å²) in [6.45, 7) is 9.57. The molecule has 5 heteroatoms. The molecular formula is C22H26FN3O. The van der Waals surface area contributed by atoms with Crippen LogP contribution in [-0.2, 0) is 13.1 Å². The molecule has 2 aromatic carbocycles. The quantitative estimate of drug-likeness (QED) is 0.616. The van der Waals surface area contributed by atoms with Crippen LogP contribution in [0, 0.1) is 19.7 Å². The van der Waals surface area contributed by atoms with E-state index in [1.807, 2.05) is 50.4 Å². The molecule has 0 saturated carbocycles. The molecule has 1 aromatic heterocycles. The van der Waals surface area contributed by atoms with Crippen molar-refractivity contribution in [3.8, 4) is 11.8 Å². The maximum atomic E-state index is 13.3. The van der Waals surface area contributed by atoms with E-state index in [0.717, 1.165) is 29.1 Å². The van der Waals surface area contributed by atoms with Crippen LogP contribution < -0.4 is 10.1 Å². The average Bonchev–Trinajstić information content (AvgIpc) is 3.05. The highest BCUT2D eigenvalue weighted by Gasteiger charge is 2.16. The van der Waals surface area contributed by atoms with E-state index < -0.39 is 0 Å². The number of aromatic nitrogens is 2. The summed E-state index contributed by atoms with van der Waals surface area (Å²) in [5.41, 5.74) is 4.28. The van der Waals surface area contributed by atoms with Gasteiger partial charge in [-0.25, -0.2) is 9.37 Å². The van der Waals surface area contributed by atoms with Crippen LogP contribution in [0.15, 0.2) is 48.7 Å². The first-order valence-corrected chi connectivity index (χ1v) is 9.26. The fourth-order valence-electron chi connectivity index (χ4n) is 3.05. The zero-order valence-corrected chi connectivity index (χ0v) is 16.3. The lowest BCUT2D eigenvalue weighted by molar-refractivity contribution is 0.405. The molecule has 0 aliphatic heterocycles. The summed E-state index contributed by atoms with van der Waals surface area (Å²) in [6.07, 6.45) is 1.85. The molecule has 0 bridgehead atoms. The van der Waals surface area contributed by atoms with E-state index in [2.05, 4.69) is 28.7 Å². The van der Waals surface area contributed by atoms with Crippen LogP contribution in [0.3, 0.4) is 0 Å². The molecule has 0 aliphatic rings. The number of nitrogens with zero attached hydrogens (tertiary/aromatic N) is 2. The molecule has 1 unspecified atom stereocenters. The monoisotopic (exact) mass is 367 g/mol. The van der Waals surface area contributed by atoms with Crippen molar-refractivity contribution in [3.63, 3.8) is 0 Å². The topological polar surface area (TPSA) is 39.1 Å².